The van der Waals surface area contributed by atoms with Gasteiger partial charge in [-0.2, -0.15) is 8.42 Å². The molecule has 1 aromatic carbocycles. The van der Waals surface area contributed by atoms with Gasteiger partial charge in [-0.3, -0.25) is 4.55 Å². The largest absolute Gasteiger partial charge is 0.494 e. The molecule has 26 heavy (non-hydrogen) atoms. The average Bonchev–Trinajstić information content (AvgIpc) is 2.58. The van der Waals surface area contributed by atoms with E-state index in [2.05, 4.69) is 6.92 Å². The Morgan fingerprint density at radius 1 is 0.846 bits per heavy atom. The van der Waals surface area contributed by atoms with Crippen LogP contribution in [-0.2, 0) is 10.1 Å². The lowest BCUT2D eigenvalue weighted by Crippen LogP contribution is -2.02. The lowest BCUT2D eigenvalue weighted by Gasteiger charge is -2.09. The number of hydrogen-bond acceptors (Lipinski definition) is 3. The molecule has 0 amide bonds. The molecule has 1 N–H and O–H groups in total. The second-order valence-electron chi connectivity index (χ2n) is 7.14. The molecule has 0 aromatic heterocycles. The molecule has 0 fully saturated rings. The third kappa shape index (κ3) is 10.2. The van der Waals surface area contributed by atoms with Gasteiger partial charge in [-0.1, -0.05) is 77.6 Å². The SMILES string of the molecule is CCCCCCCCCCCCCCOc1ccc(S(=O)(=O)O)c(C)c1. The highest BCUT2D eigenvalue weighted by atomic mass is 32.2. The molecular weight excluding hydrogens is 348 g/mol. The quantitative estimate of drug-likeness (QED) is 0.284. The molecule has 1 aromatic rings. The topological polar surface area (TPSA) is 63.6 Å². The van der Waals surface area contributed by atoms with Gasteiger partial charge >= 0.3 is 0 Å². The highest BCUT2D eigenvalue weighted by Gasteiger charge is 2.13. The van der Waals surface area contributed by atoms with Crippen LogP contribution in [0.25, 0.3) is 0 Å². The van der Waals surface area contributed by atoms with Crippen LogP contribution in [0.4, 0.5) is 0 Å². The first kappa shape index (κ1) is 23.0. The van der Waals surface area contributed by atoms with Gasteiger partial charge in [0.15, 0.2) is 0 Å². The molecule has 0 heterocycles. The molecule has 0 aliphatic rings. The molecule has 0 atom stereocenters. The fourth-order valence-electron chi connectivity index (χ4n) is 3.13. The van der Waals surface area contributed by atoms with E-state index in [1.165, 1.54) is 76.7 Å². The first-order valence-electron chi connectivity index (χ1n) is 10.2. The molecule has 0 unspecified atom stereocenters. The third-order valence-corrected chi connectivity index (χ3v) is 5.70. The van der Waals surface area contributed by atoms with Gasteiger partial charge in [-0.15, -0.1) is 0 Å². The van der Waals surface area contributed by atoms with E-state index in [-0.39, 0.29) is 4.90 Å². The van der Waals surface area contributed by atoms with Crippen LogP contribution < -0.4 is 4.74 Å². The Bertz CT molecular complexity index is 596. The van der Waals surface area contributed by atoms with Crippen molar-refractivity contribution in [3.05, 3.63) is 23.8 Å². The molecule has 4 nitrogen and oxygen atoms in total. The standard InChI is InChI=1S/C21H36O4S/c1-3-4-5-6-7-8-9-10-11-12-13-14-17-25-20-15-16-21(19(2)18-20)26(22,23)24/h15-16,18H,3-14,17H2,1-2H3,(H,22,23,24). The molecule has 150 valence electrons. The number of unbranched alkanes of at least 4 members (excludes halogenated alkanes) is 11. The number of benzene rings is 1. The fourth-order valence-corrected chi connectivity index (χ4v) is 3.84. The van der Waals surface area contributed by atoms with Crippen LogP contribution in [0.2, 0.25) is 0 Å². The van der Waals surface area contributed by atoms with Crippen LogP contribution in [0.3, 0.4) is 0 Å². The zero-order valence-corrected chi connectivity index (χ0v) is 17.3. The summed E-state index contributed by atoms with van der Waals surface area (Å²) < 4.78 is 37.1. The van der Waals surface area contributed by atoms with Crippen LogP contribution in [0.1, 0.15) is 89.5 Å². The zero-order chi connectivity index (χ0) is 19.3. The smallest absolute Gasteiger partial charge is 0.294 e. The van der Waals surface area contributed by atoms with Gasteiger partial charge in [0.1, 0.15) is 5.75 Å². The van der Waals surface area contributed by atoms with Crippen LogP contribution in [-0.4, -0.2) is 19.6 Å². The molecular formula is C21H36O4S. The fraction of sp³-hybridized carbons (Fsp3) is 0.714. The van der Waals surface area contributed by atoms with Crippen molar-refractivity contribution < 1.29 is 17.7 Å². The van der Waals surface area contributed by atoms with Crippen molar-refractivity contribution >= 4 is 10.1 Å². The van der Waals surface area contributed by atoms with Gasteiger partial charge in [-0.05, 0) is 37.1 Å². The molecule has 0 saturated heterocycles. The highest BCUT2D eigenvalue weighted by Crippen LogP contribution is 2.21. The van der Waals surface area contributed by atoms with E-state index in [0.717, 1.165) is 6.42 Å². The maximum absolute atomic E-state index is 11.2. The minimum atomic E-state index is -4.15. The Morgan fingerprint density at radius 3 is 1.81 bits per heavy atom. The Kier molecular flexibility index (Phi) is 11.6. The van der Waals surface area contributed by atoms with E-state index < -0.39 is 10.1 Å². The summed E-state index contributed by atoms with van der Waals surface area (Å²) in [5.41, 5.74) is 0.500. The first-order valence-corrected chi connectivity index (χ1v) is 11.6. The summed E-state index contributed by atoms with van der Waals surface area (Å²) >= 11 is 0. The summed E-state index contributed by atoms with van der Waals surface area (Å²) in [7, 11) is -4.15. The molecule has 0 bridgehead atoms. The number of rotatable bonds is 15. The second-order valence-corrected chi connectivity index (χ2v) is 8.53. The number of ether oxygens (including phenoxy) is 1. The van der Waals surface area contributed by atoms with Crippen LogP contribution >= 0.6 is 0 Å². The van der Waals surface area contributed by atoms with Gasteiger partial charge in [0.25, 0.3) is 10.1 Å². The lowest BCUT2D eigenvalue weighted by atomic mass is 10.1. The Morgan fingerprint density at radius 2 is 1.35 bits per heavy atom. The lowest BCUT2D eigenvalue weighted by molar-refractivity contribution is 0.304. The number of aryl methyl sites for hydroxylation is 1. The molecule has 1 rings (SSSR count). The van der Waals surface area contributed by atoms with Crippen molar-refractivity contribution in [2.75, 3.05) is 6.61 Å². The monoisotopic (exact) mass is 384 g/mol. The van der Waals surface area contributed by atoms with Crippen molar-refractivity contribution in [2.45, 2.75) is 95.8 Å². The van der Waals surface area contributed by atoms with E-state index in [4.69, 9.17) is 9.29 Å². The van der Waals surface area contributed by atoms with E-state index in [1.54, 1.807) is 19.1 Å². The van der Waals surface area contributed by atoms with Gasteiger partial charge in [-0.25, -0.2) is 0 Å². The predicted octanol–water partition coefficient (Wildman–Crippen LogP) is 6.32. The Hall–Kier alpha value is -1.07. The summed E-state index contributed by atoms with van der Waals surface area (Å²) in [5, 5.41) is 0. The third-order valence-electron chi connectivity index (χ3n) is 4.69. The molecule has 0 aliphatic heterocycles. The second kappa shape index (κ2) is 13.2. The summed E-state index contributed by atoms with van der Waals surface area (Å²) in [5.74, 6) is 0.651. The summed E-state index contributed by atoms with van der Waals surface area (Å²) in [6, 6.07) is 4.64. The molecule has 5 heteroatoms. The van der Waals surface area contributed by atoms with Gasteiger partial charge in [0.05, 0.1) is 11.5 Å². The van der Waals surface area contributed by atoms with E-state index in [1.807, 2.05) is 0 Å². The van der Waals surface area contributed by atoms with Gasteiger partial charge in [0.2, 0.25) is 0 Å². The Balaban J connectivity index is 2.02. The summed E-state index contributed by atoms with van der Waals surface area (Å²) in [4.78, 5) is -0.0600. The highest BCUT2D eigenvalue weighted by molar-refractivity contribution is 7.85. The van der Waals surface area contributed by atoms with Gasteiger partial charge < -0.3 is 4.74 Å². The molecule has 0 saturated carbocycles. The average molecular weight is 385 g/mol. The van der Waals surface area contributed by atoms with Crippen molar-refractivity contribution in [2.24, 2.45) is 0 Å². The molecule has 0 radical (unpaired) electrons. The van der Waals surface area contributed by atoms with E-state index in [0.29, 0.717) is 17.9 Å². The van der Waals surface area contributed by atoms with E-state index >= 15 is 0 Å². The normalized spacial score (nSPS) is 11.7. The maximum atomic E-state index is 11.2. The molecule has 0 spiro atoms. The van der Waals surface area contributed by atoms with Crippen molar-refractivity contribution in [1.82, 2.24) is 0 Å². The first-order chi connectivity index (χ1) is 12.4. The van der Waals surface area contributed by atoms with Gasteiger partial charge in [0, 0.05) is 0 Å². The summed E-state index contributed by atoms with van der Waals surface area (Å²) in [6.45, 7) is 4.55. The van der Waals surface area contributed by atoms with Crippen molar-refractivity contribution in [3.63, 3.8) is 0 Å². The van der Waals surface area contributed by atoms with Crippen LogP contribution in [0.15, 0.2) is 23.1 Å². The van der Waals surface area contributed by atoms with Crippen molar-refractivity contribution in [1.29, 1.82) is 0 Å². The van der Waals surface area contributed by atoms with Crippen LogP contribution in [0, 0.1) is 6.92 Å². The number of hydrogen-bond donors (Lipinski definition) is 1. The molecule has 0 aliphatic carbocycles. The zero-order valence-electron chi connectivity index (χ0n) is 16.5. The van der Waals surface area contributed by atoms with Crippen LogP contribution in [0.5, 0.6) is 5.75 Å². The minimum absolute atomic E-state index is 0.0600. The van der Waals surface area contributed by atoms with Crippen molar-refractivity contribution in [3.8, 4) is 5.75 Å². The Labute approximate surface area is 160 Å². The maximum Gasteiger partial charge on any atom is 0.294 e. The summed E-state index contributed by atoms with van der Waals surface area (Å²) in [6.07, 6.45) is 15.7. The van der Waals surface area contributed by atoms with E-state index in [9.17, 15) is 8.42 Å². The minimum Gasteiger partial charge on any atom is -0.494 e. The predicted molar refractivity (Wildman–Crippen MR) is 108 cm³/mol.